The van der Waals surface area contributed by atoms with Gasteiger partial charge in [-0.2, -0.15) is 0 Å². The molecule has 1 aliphatic rings. The minimum Gasteiger partial charge on any atom is -0.480 e. The van der Waals surface area contributed by atoms with Crippen molar-refractivity contribution in [3.63, 3.8) is 0 Å². The highest BCUT2D eigenvalue weighted by atomic mass is 19.1. The van der Waals surface area contributed by atoms with Crippen LogP contribution in [0.3, 0.4) is 0 Å². The maximum Gasteiger partial charge on any atom is 0.326 e. The monoisotopic (exact) mass is 296 g/mol. The largest absolute Gasteiger partial charge is 0.480 e. The highest BCUT2D eigenvalue weighted by molar-refractivity contribution is 5.97. The normalized spacial score (nSPS) is 21.3. The van der Waals surface area contributed by atoms with Crippen molar-refractivity contribution in [1.82, 2.24) is 4.90 Å². The molecule has 21 heavy (non-hydrogen) atoms. The molecule has 1 aromatic rings. The number of rotatable bonds is 3. The lowest BCUT2D eigenvalue weighted by atomic mass is 10.0. The number of halogens is 1. The standard InChI is InChI=1S/C13H13FN2O5/c1-7-4-5-15(11(7)13(18)19)12(17)9-6-8(16(20)21)2-3-10(9)14/h2-3,6-7,11H,4-5H2,1H3,(H,18,19). The van der Waals surface area contributed by atoms with Gasteiger partial charge in [0, 0.05) is 18.7 Å². The molecule has 2 rings (SSSR count). The number of amides is 1. The second-order valence-electron chi connectivity index (χ2n) is 4.97. The van der Waals surface area contributed by atoms with Crippen LogP contribution in [0.1, 0.15) is 23.7 Å². The zero-order valence-corrected chi connectivity index (χ0v) is 11.2. The predicted molar refractivity (Wildman–Crippen MR) is 69.3 cm³/mol. The summed E-state index contributed by atoms with van der Waals surface area (Å²) in [4.78, 5) is 34.5. The van der Waals surface area contributed by atoms with Crippen LogP contribution >= 0.6 is 0 Å². The second kappa shape index (κ2) is 5.47. The van der Waals surface area contributed by atoms with Crippen molar-refractivity contribution in [2.24, 2.45) is 5.92 Å². The first-order chi connectivity index (χ1) is 9.82. The lowest BCUT2D eigenvalue weighted by Crippen LogP contribution is -2.43. The first-order valence-electron chi connectivity index (χ1n) is 6.30. The average Bonchev–Trinajstić information content (AvgIpc) is 2.80. The van der Waals surface area contributed by atoms with Crippen LogP contribution in [-0.4, -0.2) is 39.4 Å². The maximum atomic E-state index is 13.7. The topological polar surface area (TPSA) is 101 Å². The van der Waals surface area contributed by atoms with Gasteiger partial charge >= 0.3 is 5.97 Å². The first kappa shape index (κ1) is 14.9. The molecule has 0 aromatic heterocycles. The van der Waals surface area contributed by atoms with Crippen molar-refractivity contribution in [3.8, 4) is 0 Å². The zero-order valence-electron chi connectivity index (χ0n) is 11.2. The minimum absolute atomic E-state index is 0.180. The molecule has 1 heterocycles. The minimum atomic E-state index is -1.17. The predicted octanol–water partition coefficient (Wildman–Crippen LogP) is 1.67. The molecule has 0 bridgehead atoms. The molecule has 112 valence electrons. The highest BCUT2D eigenvalue weighted by Gasteiger charge is 2.40. The number of nitro groups is 1. The van der Waals surface area contributed by atoms with Crippen LogP contribution in [0.15, 0.2) is 18.2 Å². The SMILES string of the molecule is CC1CCN(C(=O)c2cc([N+](=O)[O-])ccc2F)C1C(=O)O. The number of carbonyl (C=O) groups is 2. The van der Waals surface area contributed by atoms with Crippen LogP contribution in [0.25, 0.3) is 0 Å². The number of likely N-dealkylation sites (tertiary alicyclic amines) is 1. The van der Waals surface area contributed by atoms with Crippen LogP contribution in [0.5, 0.6) is 0 Å². The van der Waals surface area contributed by atoms with Gasteiger partial charge in [-0.1, -0.05) is 6.92 Å². The molecule has 0 radical (unpaired) electrons. The van der Waals surface area contributed by atoms with Crippen molar-refractivity contribution < 1.29 is 24.0 Å². The number of hydrogen-bond donors (Lipinski definition) is 1. The number of nitrogens with zero attached hydrogens (tertiary/aromatic N) is 2. The summed E-state index contributed by atoms with van der Waals surface area (Å²) in [6.45, 7) is 1.87. The lowest BCUT2D eigenvalue weighted by molar-refractivity contribution is -0.384. The number of nitro benzene ring substituents is 1. The van der Waals surface area contributed by atoms with Crippen LogP contribution < -0.4 is 0 Å². The third-order valence-electron chi connectivity index (χ3n) is 3.61. The Bertz CT molecular complexity index is 619. The molecule has 8 heteroatoms. The Labute approximate surface area is 119 Å². The van der Waals surface area contributed by atoms with E-state index in [1.54, 1.807) is 6.92 Å². The molecule has 1 saturated heterocycles. The molecule has 1 fully saturated rings. The summed E-state index contributed by atoms with van der Waals surface area (Å²) in [5.41, 5.74) is -0.900. The molecule has 0 aliphatic carbocycles. The van der Waals surface area contributed by atoms with Crippen molar-refractivity contribution >= 4 is 17.6 Å². The van der Waals surface area contributed by atoms with E-state index in [-0.39, 0.29) is 12.5 Å². The summed E-state index contributed by atoms with van der Waals surface area (Å²) < 4.78 is 13.7. The van der Waals surface area contributed by atoms with Gasteiger partial charge in [-0.15, -0.1) is 0 Å². The van der Waals surface area contributed by atoms with E-state index in [2.05, 4.69) is 0 Å². The fraction of sp³-hybridized carbons (Fsp3) is 0.385. The maximum absolute atomic E-state index is 13.7. The van der Waals surface area contributed by atoms with Crippen LogP contribution in [0.2, 0.25) is 0 Å². The van der Waals surface area contributed by atoms with Gasteiger partial charge in [0.05, 0.1) is 10.5 Å². The Morgan fingerprint density at radius 3 is 2.71 bits per heavy atom. The summed E-state index contributed by atoms with van der Waals surface area (Å²) >= 11 is 0. The number of carbonyl (C=O) groups excluding carboxylic acids is 1. The molecule has 1 aromatic carbocycles. The first-order valence-corrected chi connectivity index (χ1v) is 6.30. The molecular weight excluding hydrogens is 283 g/mol. The number of benzene rings is 1. The third-order valence-corrected chi connectivity index (χ3v) is 3.61. The van der Waals surface area contributed by atoms with Gasteiger partial charge in [0.25, 0.3) is 11.6 Å². The Balaban J connectivity index is 2.38. The van der Waals surface area contributed by atoms with Gasteiger partial charge in [0.15, 0.2) is 0 Å². The van der Waals surface area contributed by atoms with Gasteiger partial charge in [0.1, 0.15) is 11.9 Å². The van der Waals surface area contributed by atoms with Crippen molar-refractivity contribution in [3.05, 3.63) is 39.7 Å². The zero-order chi connectivity index (χ0) is 15.7. The highest BCUT2D eigenvalue weighted by Crippen LogP contribution is 2.27. The molecule has 1 amide bonds. The van der Waals surface area contributed by atoms with Crippen molar-refractivity contribution in [2.75, 3.05) is 6.54 Å². The Kier molecular flexibility index (Phi) is 3.88. The number of hydrogen-bond acceptors (Lipinski definition) is 4. The van der Waals surface area contributed by atoms with Crippen LogP contribution in [0.4, 0.5) is 10.1 Å². The van der Waals surface area contributed by atoms with E-state index in [9.17, 15) is 24.1 Å². The molecule has 0 spiro atoms. The van der Waals surface area contributed by atoms with E-state index in [0.29, 0.717) is 6.42 Å². The van der Waals surface area contributed by atoms with E-state index in [4.69, 9.17) is 5.11 Å². The summed E-state index contributed by atoms with van der Waals surface area (Å²) in [5, 5.41) is 19.9. The fourth-order valence-electron chi connectivity index (χ4n) is 2.50. The number of carboxylic acids is 1. The van der Waals surface area contributed by atoms with Gasteiger partial charge < -0.3 is 10.0 Å². The van der Waals surface area contributed by atoms with E-state index in [1.807, 2.05) is 0 Å². The van der Waals surface area contributed by atoms with Gasteiger partial charge in [-0.3, -0.25) is 14.9 Å². The lowest BCUT2D eigenvalue weighted by Gasteiger charge is -2.23. The number of carboxylic acid groups (broad SMARTS) is 1. The van der Waals surface area contributed by atoms with Crippen molar-refractivity contribution in [1.29, 1.82) is 0 Å². The van der Waals surface area contributed by atoms with Crippen LogP contribution in [-0.2, 0) is 4.79 Å². The van der Waals surface area contributed by atoms with Gasteiger partial charge in [-0.25, -0.2) is 9.18 Å². The van der Waals surface area contributed by atoms with E-state index < -0.39 is 39.9 Å². The van der Waals surface area contributed by atoms with Crippen LogP contribution in [0, 0.1) is 21.8 Å². The number of non-ortho nitro benzene ring substituents is 1. The van der Waals surface area contributed by atoms with E-state index in [1.165, 1.54) is 0 Å². The molecular formula is C13H13FN2O5. The average molecular weight is 296 g/mol. The third kappa shape index (κ3) is 2.69. The van der Waals surface area contributed by atoms with E-state index in [0.717, 1.165) is 23.1 Å². The Morgan fingerprint density at radius 2 is 2.14 bits per heavy atom. The number of aliphatic carboxylic acids is 1. The molecule has 2 atom stereocenters. The molecule has 7 nitrogen and oxygen atoms in total. The molecule has 1 N–H and O–H groups in total. The second-order valence-corrected chi connectivity index (χ2v) is 4.97. The molecule has 1 aliphatic heterocycles. The quantitative estimate of drug-likeness (QED) is 0.675. The Morgan fingerprint density at radius 1 is 1.48 bits per heavy atom. The summed E-state index contributed by atoms with van der Waals surface area (Å²) in [6.07, 6.45) is 0.485. The molecule has 2 unspecified atom stereocenters. The van der Waals surface area contributed by atoms with Gasteiger partial charge in [0.2, 0.25) is 0 Å². The molecule has 0 saturated carbocycles. The Hall–Kier alpha value is -2.51. The smallest absolute Gasteiger partial charge is 0.326 e. The summed E-state index contributed by atoms with van der Waals surface area (Å²) in [6, 6.07) is 1.57. The summed E-state index contributed by atoms with van der Waals surface area (Å²) in [7, 11) is 0. The van der Waals surface area contributed by atoms with E-state index >= 15 is 0 Å². The van der Waals surface area contributed by atoms with Crippen molar-refractivity contribution in [2.45, 2.75) is 19.4 Å². The fourth-order valence-corrected chi connectivity index (χ4v) is 2.50. The summed E-state index contributed by atoms with van der Waals surface area (Å²) in [5.74, 6) is -3.17. The van der Waals surface area contributed by atoms with Gasteiger partial charge in [-0.05, 0) is 18.4 Å².